The van der Waals surface area contributed by atoms with Crippen LogP contribution in [0.4, 0.5) is 0 Å². The van der Waals surface area contributed by atoms with E-state index < -0.39 is 0 Å². The van der Waals surface area contributed by atoms with Crippen molar-refractivity contribution in [1.29, 1.82) is 0 Å². The van der Waals surface area contributed by atoms with Gasteiger partial charge in [0.2, 0.25) is 0 Å². The Morgan fingerprint density at radius 1 is 0.467 bits per heavy atom. The van der Waals surface area contributed by atoms with Gasteiger partial charge in [0.15, 0.2) is 0 Å². The fourth-order valence-electron chi connectivity index (χ4n) is 5.32. The largest absolute Gasteiger partial charge is 1.00 e. The van der Waals surface area contributed by atoms with E-state index >= 15 is 0 Å². The van der Waals surface area contributed by atoms with Crippen LogP contribution in [0.25, 0.3) is 0 Å². The zero-order valence-corrected chi connectivity index (χ0v) is 37.4. The van der Waals surface area contributed by atoms with Gasteiger partial charge in [0.25, 0.3) is 0 Å². The third-order valence-corrected chi connectivity index (χ3v) is 9.60. The Morgan fingerprint density at radius 3 is 0.800 bits per heavy atom. The van der Waals surface area contributed by atoms with Gasteiger partial charge in [-0.3, -0.25) is 0 Å². The second-order valence-electron chi connectivity index (χ2n) is 13.0. The zero-order valence-electron chi connectivity index (χ0n) is 31.7. The van der Waals surface area contributed by atoms with Crippen LogP contribution in [-0.2, 0) is 9.47 Å². The van der Waals surface area contributed by atoms with Gasteiger partial charge in [-0.2, -0.15) is 0 Å². The molecular formula is C40H63KO3Sm. The molecule has 0 amide bonds. The van der Waals surface area contributed by atoms with Gasteiger partial charge >= 0.3 is 51.4 Å². The van der Waals surface area contributed by atoms with Crippen molar-refractivity contribution in [3.63, 3.8) is 0 Å². The number of para-hydroxylation sites is 1. The van der Waals surface area contributed by atoms with E-state index in [0.717, 1.165) is 37.6 Å². The third kappa shape index (κ3) is 16.2. The van der Waals surface area contributed by atoms with Crippen molar-refractivity contribution in [2.45, 2.75) is 134 Å². The molecule has 2 saturated carbocycles. The molecular weight excluding hydrogens is 718 g/mol. The van der Waals surface area contributed by atoms with Crippen LogP contribution in [0, 0.1) is 99.6 Å². The summed E-state index contributed by atoms with van der Waals surface area (Å²) in [5.41, 5.74) is 1.87. The Labute approximate surface area is 356 Å². The van der Waals surface area contributed by atoms with E-state index in [2.05, 4.69) is 96.9 Å². The second-order valence-corrected chi connectivity index (χ2v) is 13.0. The minimum absolute atomic E-state index is 0. The maximum absolute atomic E-state index is 11.9. The van der Waals surface area contributed by atoms with Gasteiger partial charge in [-0.1, -0.05) is 126 Å². The number of ether oxygens (including phenoxy) is 2. The molecule has 1 aromatic rings. The molecule has 10 radical (unpaired) electrons. The first kappa shape index (κ1) is 49.0. The van der Waals surface area contributed by atoms with Gasteiger partial charge in [-0.25, -0.2) is 0 Å². The van der Waals surface area contributed by atoms with Crippen LogP contribution >= 0.6 is 0 Å². The van der Waals surface area contributed by atoms with E-state index in [1.807, 2.05) is 18.2 Å². The van der Waals surface area contributed by atoms with Crippen molar-refractivity contribution in [2.24, 2.45) is 0 Å². The van der Waals surface area contributed by atoms with E-state index in [9.17, 15) is 5.11 Å². The molecule has 5 rings (SSSR count). The van der Waals surface area contributed by atoms with E-state index in [1.54, 1.807) is 0 Å². The normalized spacial score (nSPS) is 21.2. The average Bonchev–Trinajstić information content (AvgIpc) is 3.81. The first-order valence-corrected chi connectivity index (χ1v) is 16.5. The molecule has 5 heteroatoms. The monoisotopic (exact) mass is 782 g/mol. The topological polar surface area (TPSA) is 41.5 Å². The molecule has 4 fully saturated rings. The maximum atomic E-state index is 11.9. The minimum atomic E-state index is 0. The minimum Gasteiger partial charge on any atom is -0.872 e. The molecule has 3 nitrogen and oxygen atoms in total. The molecule has 0 bridgehead atoms. The standard InChI is InChI=1S/C12H18O.2C10H15.2C4H8O.K.Sm/c1-8(2)10-6-5-7-11(9(3)4)12(10)13;2*1-6-7(2)9(4)10(5)8(6)3;2*1-2-4-5-3-1;;/h5-9,13H,1-4H3;2*1-5H3;2*1-4H2;;/q;;;;;+1;/p-1. The molecule has 2 saturated heterocycles. The third-order valence-electron chi connectivity index (χ3n) is 9.60. The van der Waals surface area contributed by atoms with E-state index in [4.69, 9.17) is 9.47 Å². The summed E-state index contributed by atoms with van der Waals surface area (Å²) < 4.78 is 9.89. The summed E-state index contributed by atoms with van der Waals surface area (Å²) in [4.78, 5) is 0. The molecule has 45 heavy (non-hydrogen) atoms. The van der Waals surface area contributed by atoms with Crippen molar-refractivity contribution >= 4 is 0 Å². The predicted molar refractivity (Wildman–Crippen MR) is 183 cm³/mol. The molecule has 2 aliphatic carbocycles. The summed E-state index contributed by atoms with van der Waals surface area (Å²) in [5, 5.41) is 11.9. The summed E-state index contributed by atoms with van der Waals surface area (Å²) in [6, 6.07) is 5.84. The predicted octanol–water partition coefficient (Wildman–Crippen LogP) is 7.55. The Kier molecular flexibility index (Phi) is 28.1. The van der Waals surface area contributed by atoms with Crippen molar-refractivity contribution < 1.29 is 106 Å². The summed E-state index contributed by atoms with van der Waals surface area (Å²) >= 11 is 0. The maximum Gasteiger partial charge on any atom is 1.00 e. The van der Waals surface area contributed by atoms with E-state index in [-0.39, 0.29) is 97.5 Å². The molecule has 2 aliphatic heterocycles. The molecule has 2 heterocycles. The SMILES string of the molecule is C1CCOC1.C1CCOC1.CC(C)c1cccc(C(C)C)c1[O-].C[C]1[C](C)[C](C)[C](C)[C]1C.C[C]1[C](C)[C](C)[C](C)[C]1C.[K+].[Sm]. The zero-order chi connectivity index (χ0) is 32.9. The van der Waals surface area contributed by atoms with Gasteiger partial charge in [-0.05, 0) is 96.7 Å². The van der Waals surface area contributed by atoms with Crippen molar-refractivity contribution in [3.05, 3.63) is 88.5 Å². The Bertz CT molecular complexity index is 698. The van der Waals surface area contributed by atoms with Crippen LogP contribution in [0.15, 0.2) is 18.2 Å². The molecule has 0 atom stereocenters. The first-order chi connectivity index (χ1) is 20.1. The number of hydrogen-bond acceptors (Lipinski definition) is 3. The fraction of sp³-hybridized carbons (Fsp3) is 0.600. The molecule has 0 aromatic heterocycles. The summed E-state index contributed by atoms with van der Waals surface area (Å²) in [6.07, 6.45) is 5.11. The molecule has 0 spiro atoms. The van der Waals surface area contributed by atoms with Gasteiger partial charge in [0, 0.05) is 66.8 Å². The van der Waals surface area contributed by atoms with Crippen molar-refractivity contribution in [3.8, 4) is 5.75 Å². The van der Waals surface area contributed by atoms with Crippen LogP contribution < -0.4 is 56.5 Å². The smallest absolute Gasteiger partial charge is 0.872 e. The molecule has 1 aromatic carbocycles. The Morgan fingerprint density at radius 2 is 0.667 bits per heavy atom. The fourth-order valence-corrected chi connectivity index (χ4v) is 5.32. The van der Waals surface area contributed by atoms with Crippen LogP contribution in [-0.4, -0.2) is 26.4 Å². The van der Waals surface area contributed by atoms with Gasteiger partial charge < -0.3 is 14.6 Å². The Balaban J connectivity index is 0. The van der Waals surface area contributed by atoms with Crippen molar-refractivity contribution in [1.82, 2.24) is 0 Å². The van der Waals surface area contributed by atoms with E-state index in [1.165, 1.54) is 84.9 Å². The van der Waals surface area contributed by atoms with Crippen LogP contribution in [0.5, 0.6) is 5.75 Å². The van der Waals surface area contributed by atoms with Crippen LogP contribution in [0.3, 0.4) is 0 Å². The van der Waals surface area contributed by atoms with Crippen molar-refractivity contribution in [2.75, 3.05) is 26.4 Å². The average molecular weight is 781 g/mol. The second kappa shape index (κ2) is 25.8. The summed E-state index contributed by atoms with van der Waals surface area (Å²) in [6.45, 7) is 34.2. The van der Waals surface area contributed by atoms with Gasteiger partial charge in [0.05, 0.1) is 0 Å². The van der Waals surface area contributed by atoms with Gasteiger partial charge in [-0.15, -0.1) is 5.75 Å². The van der Waals surface area contributed by atoms with E-state index in [0.29, 0.717) is 11.8 Å². The number of benzene rings is 1. The molecule has 248 valence electrons. The molecule has 4 aliphatic rings. The molecule has 0 unspecified atom stereocenters. The number of hydrogen-bond donors (Lipinski definition) is 0. The molecule has 0 N–H and O–H groups in total. The number of rotatable bonds is 2. The Hall–Kier alpha value is 1.91. The van der Waals surface area contributed by atoms with Gasteiger partial charge in [0.1, 0.15) is 0 Å². The summed E-state index contributed by atoms with van der Waals surface area (Å²) in [7, 11) is 0. The van der Waals surface area contributed by atoms with Crippen LogP contribution in [0.1, 0.15) is 146 Å². The van der Waals surface area contributed by atoms with Crippen LogP contribution in [0.2, 0.25) is 0 Å². The quantitative estimate of drug-likeness (QED) is 0.292. The first-order valence-electron chi connectivity index (χ1n) is 16.5. The summed E-state index contributed by atoms with van der Waals surface area (Å²) in [5.74, 6) is 15.6.